The maximum absolute atomic E-state index is 12.6. The highest BCUT2D eigenvalue weighted by molar-refractivity contribution is 5.93. The van der Waals surface area contributed by atoms with E-state index in [2.05, 4.69) is 5.32 Å². The number of benzene rings is 2. The summed E-state index contributed by atoms with van der Waals surface area (Å²) in [5.41, 5.74) is 4.02. The molecule has 154 valence electrons. The van der Waals surface area contributed by atoms with Gasteiger partial charge in [-0.05, 0) is 37.1 Å². The molecule has 0 bridgehead atoms. The van der Waals surface area contributed by atoms with Gasteiger partial charge in [0.25, 0.3) is 11.8 Å². The van der Waals surface area contributed by atoms with Crippen LogP contribution >= 0.6 is 0 Å². The van der Waals surface area contributed by atoms with Crippen molar-refractivity contribution < 1.29 is 19.4 Å². The Morgan fingerprint density at radius 1 is 0.862 bits per heavy atom. The van der Waals surface area contributed by atoms with E-state index >= 15 is 0 Å². The van der Waals surface area contributed by atoms with E-state index in [1.54, 1.807) is 4.90 Å². The molecule has 29 heavy (non-hydrogen) atoms. The van der Waals surface area contributed by atoms with Gasteiger partial charge < -0.3 is 20.0 Å². The van der Waals surface area contributed by atoms with Gasteiger partial charge in [0.2, 0.25) is 0 Å². The Balaban J connectivity index is 1.44. The number of carbonyl (C=O) groups is 2. The molecule has 1 aliphatic heterocycles. The highest BCUT2D eigenvalue weighted by Crippen LogP contribution is 2.18. The second-order valence-corrected chi connectivity index (χ2v) is 7.96. The molecule has 3 N–H and O–H groups in total. The summed E-state index contributed by atoms with van der Waals surface area (Å²) in [6.07, 6.45) is 0. The highest BCUT2D eigenvalue weighted by atomic mass is 16.2. The molecule has 0 unspecified atom stereocenters. The Hall–Kier alpha value is -2.70. The summed E-state index contributed by atoms with van der Waals surface area (Å²) in [7, 11) is 1.83. The van der Waals surface area contributed by atoms with Gasteiger partial charge in [-0.1, -0.05) is 36.4 Å². The third-order valence-electron chi connectivity index (χ3n) is 5.74. The predicted octanol–water partition coefficient (Wildman–Crippen LogP) is -0.312. The number of hydrogen-bond acceptors (Lipinski definition) is 2. The van der Waals surface area contributed by atoms with Gasteiger partial charge in [-0.3, -0.25) is 9.59 Å². The SMILES string of the molecule is Cc1cccc(C)c1NC(=O)C[NH+]1CC[NH+](CC(=O)N(C)c2ccccc2)CC1. The second kappa shape index (κ2) is 9.67. The molecule has 0 aliphatic carbocycles. The van der Waals surface area contributed by atoms with Crippen LogP contribution in [-0.4, -0.2) is 58.1 Å². The average Bonchev–Trinajstić information content (AvgIpc) is 2.72. The molecule has 3 rings (SSSR count). The quantitative estimate of drug-likeness (QED) is 0.627. The van der Waals surface area contributed by atoms with Crippen LogP contribution in [0.3, 0.4) is 0 Å². The van der Waals surface area contributed by atoms with Gasteiger partial charge in [0.1, 0.15) is 26.2 Å². The van der Waals surface area contributed by atoms with Crippen molar-refractivity contribution in [1.29, 1.82) is 0 Å². The van der Waals surface area contributed by atoms with E-state index in [4.69, 9.17) is 0 Å². The zero-order valence-corrected chi connectivity index (χ0v) is 17.6. The third-order valence-corrected chi connectivity index (χ3v) is 5.74. The van der Waals surface area contributed by atoms with Crippen LogP contribution in [0.2, 0.25) is 0 Å². The van der Waals surface area contributed by atoms with Crippen LogP contribution < -0.4 is 20.0 Å². The van der Waals surface area contributed by atoms with Crippen LogP contribution in [0, 0.1) is 13.8 Å². The number of hydrogen-bond donors (Lipinski definition) is 3. The lowest BCUT2D eigenvalue weighted by Gasteiger charge is -2.30. The summed E-state index contributed by atoms with van der Waals surface area (Å²) in [4.78, 5) is 29.4. The molecular weight excluding hydrogens is 364 g/mol. The van der Waals surface area contributed by atoms with Gasteiger partial charge in [-0.15, -0.1) is 0 Å². The van der Waals surface area contributed by atoms with Crippen molar-refractivity contribution in [2.45, 2.75) is 13.8 Å². The van der Waals surface area contributed by atoms with Crippen molar-refractivity contribution in [3.05, 3.63) is 59.7 Å². The molecule has 6 heteroatoms. The Bertz CT molecular complexity index is 825. The summed E-state index contributed by atoms with van der Waals surface area (Å²) in [6.45, 7) is 8.60. The fraction of sp³-hybridized carbons (Fsp3) is 0.391. The second-order valence-electron chi connectivity index (χ2n) is 7.96. The fourth-order valence-corrected chi connectivity index (χ4v) is 3.86. The molecular formula is C23H32N4O2+2. The maximum Gasteiger partial charge on any atom is 0.281 e. The number of likely N-dealkylation sites (N-methyl/N-ethyl adjacent to an activating group) is 1. The van der Waals surface area contributed by atoms with Crippen molar-refractivity contribution >= 4 is 23.2 Å². The van der Waals surface area contributed by atoms with Crippen molar-refractivity contribution in [3.63, 3.8) is 0 Å². The van der Waals surface area contributed by atoms with E-state index in [0.29, 0.717) is 13.1 Å². The number of quaternary nitrogens is 2. The molecule has 0 aromatic heterocycles. The lowest BCUT2D eigenvalue weighted by Crippen LogP contribution is -3.28. The third kappa shape index (κ3) is 5.65. The summed E-state index contributed by atoms with van der Waals surface area (Å²) < 4.78 is 0. The van der Waals surface area contributed by atoms with Crippen molar-refractivity contribution in [3.8, 4) is 0 Å². The highest BCUT2D eigenvalue weighted by Gasteiger charge is 2.27. The molecule has 2 aromatic carbocycles. The van der Waals surface area contributed by atoms with Crippen molar-refractivity contribution in [1.82, 2.24) is 0 Å². The van der Waals surface area contributed by atoms with Crippen molar-refractivity contribution in [2.75, 3.05) is 56.5 Å². The number of rotatable bonds is 6. The van der Waals surface area contributed by atoms with Crippen LogP contribution in [0.1, 0.15) is 11.1 Å². The lowest BCUT2D eigenvalue weighted by molar-refractivity contribution is -1.00. The first-order valence-electron chi connectivity index (χ1n) is 10.3. The number of para-hydroxylation sites is 2. The van der Waals surface area contributed by atoms with E-state index in [0.717, 1.165) is 48.7 Å². The zero-order chi connectivity index (χ0) is 20.8. The van der Waals surface area contributed by atoms with Crippen LogP contribution in [0.5, 0.6) is 0 Å². The molecule has 2 amide bonds. The summed E-state index contributed by atoms with van der Waals surface area (Å²) >= 11 is 0. The molecule has 1 heterocycles. The fourth-order valence-electron chi connectivity index (χ4n) is 3.86. The molecule has 6 nitrogen and oxygen atoms in total. The van der Waals surface area contributed by atoms with Gasteiger partial charge in [0.15, 0.2) is 13.1 Å². The largest absolute Gasteiger partial charge is 0.321 e. The minimum absolute atomic E-state index is 0.0562. The maximum atomic E-state index is 12.6. The van der Waals surface area contributed by atoms with Gasteiger partial charge in [0, 0.05) is 18.4 Å². The van der Waals surface area contributed by atoms with Gasteiger partial charge >= 0.3 is 0 Å². The first-order chi connectivity index (χ1) is 13.9. The van der Waals surface area contributed by atoms with Crippen LogP contribution in [0.4, 0.5) is 11.4 Å². The standard InChI is InChI=1S/C23H30N4O2/c1-18-8-7-9-19(2)23(18)24-21(28)16-26-12-14-27(15-13-26)17-22(29)25(3)20-10-5-4-6-11-20/h4-11H,12-17H2,1-3H3,(H,24,28)/p+2. The number of nitrogens with zero attached hydrogens (tertiary/aromatic N) is 1. The van der Waals surface area contributed by atoms with Crippen molar-refractivity contribution in [2.24, 2.45) is 0 Å². The average molecular weight is 397 g/mol. The molecule has 0 radical (unpaired) electrons. The topological polar surface area (TPSA) is 58.3 Å². The Labute approximate surface area is 173 Å². The number of anilines is 2. The molecule has 2 aromatic rings. The minimum Gasteiger partial charge on any atom is -0.321 e. The van der Waals surface area contributed by atoms with E-state index in [1.807, 2.05) is 69.4 Å². The van der Waals surface area contributed by atoms with E-state index in [1.165, 1.54) is 9.80 Å². The van der Waals surface area contributed by atoms with Crippen LogP contribution in [0.15, 0.2) is 48.5 Å². The Kier molecular flexibility index (Phi) is 7.01. The van der Waals surface area contributed by atoms with Gasteiger partial charge in [0.05, 0.1) is 0 Å². The van der Waals surface area contributed by atoms with E-state index in [9.17, 15) is 9.59 Å². The molecule has 0 atom stereocenters. The van der Waals surface area contributed by atoms with Gasteiger partial charge in [-0.2, -0.15) is 0 Å². The van der Waals surface area contributed by atoms with Crippen LogP contribution in [-0.2, 0) is 9.59 Å². The summed E-state index contributed by atoms with van der Waals surface area (Å²) in [5.74, 6) is 0.183. The number of nitrogens with one attached hydrogen (secondary N) is 3. The summed E-state index contributed by atoms with van der Waals surface area (Å²) in [5, 5.41) is 3.07. The zero-order valence-electron chi connectivity index (χ0n) is 17.6. The first kappa shape index (κ1) is 21.0. The number of aryl methyl sites for hydroxylation is 2. The summed E-state index contributed by atoms with van der Waals surface area (Å²) in [6, 6.07) is 15.8. The molecule has 0 saturated carbocycles. The molecule has 0 spiro atoms. The number of carbonyl (C=O) groups excluding carboxylic acids is 2. The Morgan fingerprint density at radius 2 is 1.41 bits per heavy atom. The first-order valence-corrected chi connectivity index (χ1v) is 10.3. The number of amides is 2. The lowest BCUT2D eigenvalue weighted by atomic mass is 10.1. The predicted molar refractivity (Wildman–Crippen MR) is 116 cm³/mol. The van der Waals surface area contributed by atoms with E-state index < -0.39 is 0 Å². The normalized spacial score (nSPS) is 18.9. The minimum atomic E-state index is 0.0562. The number of piperazine rings is 1. The molecule has 1 aliphatic rings. The smallest absolute Gasteiger partial charge is 0.281 e. The molecule has 1 fully saturated rings. The van der Waals surface area contributed by atoms with Crippen LogP contribution in [0.25, 0.3) is 0 Å². The monoisotopic (exact) mass is 396 g/mol. The van der Waals surface area contributed by atoms with Gasteiger partial charge in [-0.25, -0.2) is 0 Å². The van der Waals surface area contributed by atoms with E-state index in [-0.39, 0.29) is 11.8 Å². The molecule has 1 saturated heterocycles. The Morgan fingerprint density at radius 3 is 2.00 bits per heavy atom.